The Kier molecular flexibility index (Phi) is 5.46. The summed E-state index contributed by atoms with van der Waals surface area (Å²) in [7, 11) is 1.25. The number of hydrogen-bond acceptors (Lipinski definition) is 4. The van der Waals surface area contributed by atoms with Crippen molar-refractivity contribution in [1.29, 1.82) is 5.26 Å². The van der Waals surface area contributed by atoms with Gasteiger partial charge < -0.3 is 9.47 Å². The van der Waals surface area contributed by atoms with E-state index in [9.17, 15) is 4.79 Å². The number of rotatable bonds is 5. The van der Waals surface area contributed by atoms with Crippen molar-refractivity contribution < 1.29 is 14.3 Å². The van der Waals surface area contributed by atoms with Crippen LogP contribution >= 0.6 is 0 Å². The summed E-state index contributed by atoms with van der Waals surface area (Å²) in [4.78, 5) is 11.2. The number of ether oxygens (including phenoxy) is 2. The maximum absolute atomic E-state index is 11.2. The first-order valence-electron chi connectivity index (χ1n) is 5.64. The second kappa shape index (κ2) is 7.13. The first kappa shape index (κ1) is 13.8. The number of nitriles is 1. The van der Waals surface area contributed by atoms with Crippen molar-refractivity contribution in [2.45, 2.75) is 13.3 Å². The summed E-state index contributed by atoms with van der Waals surface area (Å²) in [5, 5.41) is 8.82. The average Bonchev–Trinajstić information content (AvgIpc) is 2.43. The van der Waals surface area contributed by atoms with Crippen LogP contribution < -0.4 is 4.74 Å². The van der Waals surface area contributed by atoms with E-state index in [-0.39, 0.29) is 5.57 Å². The minimum absolute atomic E-state index is 0.0280. The van der Waals surface area contributed by atoms with Crippen molar-refractivity contribution in [2.75, 3.05) is 13.7 Å². The molecular weight excluding hydrogens is 230 g/mol. The second-order valence-corrected chi connectivity index (χ2v) is 3.58. The van der Waals surface area contributed by atoms with Crippen LogP contribution in [0, 0.1) is 11.3 Å². The van der Waals surface area contributed by atoms with E-state index in [0.29, 0.717) is 6.61 Å². The molecule has 0 unspecified atom stereocenters. The van der Waals surface area contributed by atoms with Gasteiger partial charge in [0.15, 0.2) is 0 Å². The van der Waals surface area contributed by atoms with Crippen molar-refractivity contribution in [3.05, 3.63) is 35.4 Å². The van der Waals surface area contributed by atoms with E-state index in [4.69, 9.17) is 10.00 Å². The lowest BCUT2D eigenvalue weighted by Crippen LogP contribution is -2.02. The Bertz CT molecular complexity index is 469. The van der Waals surface area contributed by atoms with Gasteiger partial charge in [-0.3, -0.25) is 0 Å². The number of benzene rings is 1. The predicted octanol–water partition coefficient (Wildman–Crippen LogP) is 2.56. The second-order valence-electron chi connectivity index (χ2n) is 3.58. The summed E-state index contributed by atoms with van der Waals surface area (Å²) >= 11 is 0. The monoisotopic (exact) mass is 245 g/mol. The number of carbonyl (C=O) groups is 1. The minimum atomic E-state index is -0.635. The van der Waals surface area contributed by atoms with E-state index in [1.807, 2.05) is 6.92 Å². The standard InChI is InChI=1S/C14H15NO3/c1-3-8-18-13-6-4-11(5-7-13)9-12(10-15)14(16)17-2/h4-7,9H,3,8H2,1-2H3/b12-9+. The molecular formula is C14H15NO3. The first-order valence-corrected chi connectivity index (χ1v) is 5.64. The van der Waals surface area contributed by atoms with Crippen LogP contribution in [-0.4, -0.2) is 19.7 Å². The molecule has 0 heterocycles. The third-order valence-electron chi connectivity index (χ3n) is 2.19. The van der Waals surface area contributed by atoms with Gasteiger partial charge in [-0.25, -0.2) is 4.79 Å². The zero-order valence-corrected chi connectivity index (χ0v) is 10.5. The third-order valence-corrected chi connectivity index (χ3v) is 2.19. The van der Waals surface area contributed by atoms with Crippen molar-refractivity contribution in [1.82, 2.24) is 0 Å². The fourth-order valence-electron chi connectivity index (χ4n) is 1.29. The Hall–Kier alpha value is -2.28. The fraction of sp³-hybridized carbons (Fsp3) is 0.286. The molecule has 4 heteroatoms. The van der Waals surface area contributed by atoms with Crippen molar-refractivity contribution >= 4 is 12.0 Å². The van der Waals surface area contributed by atoms with Crippen LogP contribution in [0.15, 0.2) is 29.8 Å². The molecule has 94 valence electrons. The van der Waals surface area contributed by atoms with Crippen LogP contribution in [0.3, 0.4) is 0 Å². The van der Waals surface area contributed by atoms with Crippen LogP contribution in [0.5, 0.6) is 5.75 Å². The number of carbonyl (C=O) groups excluding carboxylic acids is 1. The summed E-state index contributed by atoms with van der Waals surface area (Å²) in [6.45, 7) is 2.70. The van der Waals surface area contributed by atoms with Crippen LogP contribution in [0.25, 0.3) is 6.08 Å². The molecule has 0 aliphatic carbocycles. The topological polar surface area (TPSA) is 59.3 Å². The summed E-state index contributed by atoms with van der Waals surface area (Å²) < 4.78 is 9.93. The molecule has 0 aliphatic heterocycles. The third kappa shape index (κ3) is 3.95. The Balaban J connectivity index is 2.82. The number of nitrogens with zero attached hydrogens (tertiary/aromatic N) is 1. The highest BCUT2D eigenvalue weighted by Gasteiger charge is 2.08. The molecule has 0 saturated carbocycles. The molecule has 0 aromatic heterocycles. The lowest BCUT2D eigenvalue weighted by atomic mass is 10.1. The maximum atomic E-state index is 11.2. The molecule has 0 amide bonds. The molecule has 0 aliphatic rings. The summed E-state index contributed by atoms with van der Waals surface area (Å²) in [6, 6.07) is 8.97. The highest BCUT2D eigenvalue weighted by molar-refractivity contribution is 5.97. The molecule has 0 fully saturated rings. The van der Waals surface area contributed by atoms with Gasteiger partial charge in [-0.15, -0.1) is 0 Å². The zero-order chi connectivity index (χ0) is 13.4. The van der Waals surface area contributed by atoms with Crippen LogP contribution in [-0.2, 0) is 9.53 Å². The quantitative estimate of drug-likeness (QED) is 0.454. The minimum Gasteiger partial charge on any atom is -0.494 e. The van der Waals surface area contributed by atoms with Gasteiger partial charge in [0.05, 0.1) is 13.7 Å². The molecule has 18 heavy (non-hydrogen) atoms. The average molecular weight is 245 g/mol. The predicted molar refractivity (Wildman–Crippen MR) is 67.8 cm³/mol. The normalized spacial score (nSPS) is 10.6. The van der Waals surface area contributed by atoms with Gasteiger partial charge in [0, 0.05) is 0 Å². The number of methoxy groups -OCH3 is 1. The Labute approximate surface area is 106 Å². The Morgan fingerprint density at radius 2 is 2.06 bits per heavy atom. The summed E-state index contributed by atoms with van der Waals surface area (Å²) in [6.07, 6.45) is 2.43. The molecule has 0 spiro atoms. The van der Waals surface area contributed by atoms with Gasteiger partial charge in [-0.1, -0.05) is 19.1 Å². The van der Waals surface area contributed by atoms with Gasteiger partial charge in [-0.05, 0) is 30.2 Å². The van der Waals surface area contributed by atoms with Gasteiger partial charge in [-0.2, -0.15) is 5.26 Å². The van der Waals surface area contributed by atoms with E-state index in [1.54, 1.807) is 30.3 Å². The lowest BCUT2D eigenvalue weighted by Gasteiger charge is -2.04. The van der Waals surface area contributed by atoms with E-state index in [0.717, 1.165) is 17.7 Å². The van der Waals surface area contributed by atoms with E-state index in [1.165, 1.54) is 13.2 Å². The summed E-state index contributed by atoms with van der Waals surface area (Å²) in [5.74, 6) is 0.134. The fourth-order valence-corrected chi connectivity index (χ4v) is 1.29. The highest BCUT2D eigenvalue weighted by atomic mass is 16.5. The number of esters is 1. The highest BCUT2D eigenvalue weighted by Crippen LogP contribution is 2.15. The molecule has 1 aromatic carbocycles. The molecule has 4 nitrogen and oxygen atoms in total. The van der Waals surface area contributed by atoms with E-state index >= 15 is 0 Å². The van der Waals surface area contributed by atoms with Gasteiger partial charge in [0.25, 0.3) is 0 Å². The van der Waals surface area contributed by atoms with Crippen LogP contribution in [0.1, 0.15) is 18.9 Å². The molecule has 0 atom stereocenters. The van der Waals surface area contributed by atoms with E-state index < -0.39 is 5.97 Å². The summed E-state index contributed by atoms with van der Waals surface area (Å²) in [5.41, 5.74) is 0.723. The van der Waals surface area contributed by atoms with Gasteiger partial charge >= 0.3 is 5.97 Å². The SMILES string of the molecule is CCCOc1ccc(/C=C(\C#N)C(=O)OC)cc1. The molecule has 0 bridgehead atoms. The van der Waals surface area contributed by atoms with Crippen molar-refractivity contribution in [3.63, 3.8) is 0 Å². The molecule has 0 saturated heterocycles. The molecule has 1 aromatic rings. The van der Waals surface area contributed by atoms with Crippen molar-refractivity contribution in [2.24, 2.45) is 0 Å². The van der Waals surface area contributed by atoms with E-state index in [2.05, 4.69) is 4.74 Å². The smallest absolute Gasteiger partial charge is 0.348 e. The Morgan fingerprint density at radius 3 is 2.56 bits per heavy atom. The molecule has 0 N–H and O–H groups in total. The largest absolute Gasteiger partial charge is 0.494 e. The van der Waals surface area contributed by atoms with Crippen molar-refractivity contribution in [3.8, 4) is 11.8 Å². The van der Waals surface area contributed by atoms with Crippen LogP contribution in [0.4, 0.5) is 0 Å². The zero-order valence-electron chi connectivity index (χ0n) is 10.5. The van der Waals surface area contributed by atoms with Crippen LogP contribution in [0.2, 0.25) is 0 Å². The van der Waals surface area contributed by atoms with Gasteiger partial charge in [0.1, 0.15) is 17.4 Å². The lowest BCUT2D eigenvalue weighted by molar-refractivity contribution is -0.135. The number of hydrogen-bond donors (Lipinski definition) is 0. The Morgan fingerprint density at radius 1 is 1.39 bits per heavy atom. The van der Waals surface area contributed by atoms with Gasteiger partial charge in [0.2, 0.25) is 0 Å². The maximum Gasteiger partial charge on any atom is 0.348 e. The first-order chi connectivity index (χ1) is 8.71. The molecule has 1 rings (SSSR count). The molecule has 0 radical (unpaired) electrons.